The smallest absolute Gasteiger partial charge is 0.251 e. The van der Waals surface area contributed by atoms with Crippen molar-refractivity contribution in [3.63, 3.8) is 0 Å². The molecule has 1 atom stereocenters. The molecular formula is C21H30N4O3. The highest BCUT2D eigenvalue weighted by Gasteiger charge is 2.26. The van der Waals surface area contributed by atoms with Gasteiger partial charge in [-0.25, -0.2) is 0 Å². The number of methoxy groups -OCH3 is 2. The number of hydrogen-bond donors (Lipinski definition) is 1. The van der Waals surface area contributed by atoms with E-state index in [0.29, 0.717) is 23.6 Å². The van der Waals surface area contributed by atoms with Gasteiger partial charge in [0, 0.05) is 57.2 Å². The fourth-order valence-electron chi connectivity index (χ4n) is 3.64. The summed E-state index contributed by atoms with van der Waals surface area (Å²) in [6.45, 7) is 4.58. The number of rotatable bonds is 7. The zero-order chi connectivity index (χ0) is 20.1. The Bertz CT molecular complexity index is 797. The van der Waals surface area contributed by atoms with Crippen LogP contribution >= 0.6 is 0 Å². The second-order valence-electron chi connectivity index (χ2n) is 7.18. The minimum atomic E-state index is -0.116. The van der Waals surface area contributed by atoms with Crippen LogP contribution in [0.3, 0.4) is 0 Å². The third-order valence-electron chi connectivity index (χ3n) is 5.41. The Hall–Kier alpha value is -2.51. The maximum absolute atomic E-state index is 12.8. The van der Waals surface area contributed by atoms with Crippen molar-refractivity contribution in [1.82, 2.24) is 19.7 Å². The molecule has 0 bridgehead atoms. The number of likely N-dealkylation sites (N-methyl/N-ethyl adjacent to an activating group) is 1. The van der Waals surface area contributed by atoms with Crippen molar-refractivity contribution in [2.24, 2.45) is 7.05 Å². The molecule has 1 aliphatic rings. The summed E-state index contributed by atoms with van der Waals surface area (Å²) < 4.78 is 12.7. The molecule has 1 amide bonds. The third kappa shape index (κ3) is 4.48. The van der Waals surface area contributed by atoms with E-state index in [9.17, 15) is 4.79 Å². The topological polar surface area (TPSA) is 59.0 Å². The highest BCUT2D eigenvalue weighted by molar-refractivity contribution is 5.94. The fraction of sp³-hybridized carbons (Fsp3) is 0.476. The lowest BCUT2D eigenvalue weighted by Crippen LogP contribution is -2.48. The van der Waals surface area contributed by atoms with E-state index in [-0.39, 0.29) is 11.9 Å². The Morgan fingerprint density at radius 1 is 1.07 bits per heavy atom. The number of amides is 1. The van der Waals surface area contributed by atoms with Gasteiger partial charge >= 0.3 is 0 Å². The van der Waals surface area contributed by atoms with Crippen LogP contribution in [-0.4, -0.2) is 74.3 Å². The Morgan fingerprint density at radius 3 is 2.39 bits per heavy atom. The van der Waals surface area contributed by atoms with Gasteiger partial charge in [-0.1, -0.05) is 0 Å². The van der Waals surface area contributed by atoms with Crippen molar-refractivity contribution in [2.45, 2.75) is 6.04 Å². The summed E-state index contributed by atoms with van der Waals surface area (Å²) >= 11 is 0. The van der Waals surface area contributed by atoms with Gasteiger partial charge in [0.2, 0.25) is 0 Å². The first-order valence-electron chi connectivity index (χ1n) is 9.57. The molecule has 1 aliphatic heterocycles. The average Bonchev–Trinajstić information content (AvgIpc) is 3.14. The Kier molecular flexibility index (Phi) is 6.59. The van der Waals surface area contributed by atoms with Gasteiger partial charge in [0.05, 0.1) is 20.3 Å². The monoisotopic (exact) mass is 386 g/mol. The molecule has 1 fully saturated rings. The molecule has 0 saturated carbocycles. The predicted octanol–water partition coefficient (Wildman–Crippen LogP) is 1.76. The molecule has 0 aliphatic carbocycles. The van der Waals surface area contributed by atoms with Gasteiger partial charge < -0.3 is 24.3 Å². The number of aryl methyl sites for hydroxylation is 1. The number of nitrogens with zero attached hydrogens (tertiary/aromatic N) is 3. The summed E-state index contributed by atoms with van der Waals surface area (Å²) in [5, 5.41) is 3.11. The molecule has 2 aromatic rings. The first-order valence-corrected chi connectivity index (χ1v) is 9.57. The number of ether oxygens (including phenoxy) is 2. The third-order valence-corrected chi connectivity index (χ3v) is 5.41. The number of aromatic nitrogens is 1. The summed E-state index contributed by atoms with van der Waals surface area (Å²) in [5.41, 5.74) is 1.76. The lowest BCUT2D eigenvalue weighted by molar-refractivity contribution is 0.0877. The van der Waals surface area contributed by atoms with Crippen molar-refractivity contribution in [3.8, 4) is 11.5 Å². The zero-order valence-corrected chi connectivity index (χ0v) is 17.1. The number of nitrogens with one attached hydrogen (secondary N) is 1. The Labute approximate surface area is 166 Å². The van der Waals surface area contributed by atoms with Crippen LogP contribution in [-0.2, 0) is 7.05 Å². The van der Waals surface area contributed by atoms with Crippen molar-refractivity contribution in [2.75, 3.05) is 54.0 Å². The van der Waals surface area contributed by atoms with Gasteiger partial charge in [0.25, 0.3) is 5.91 Å². The largest absolute Gasteiger partial charge is 0.493 e. The molecule has 7 nitrogen and oxygen atoms in total. The molecule has 3 rings (SSSR count). The lowest BCUT2D eigenvalue weighted by Gasteiger charge is -2.38. The van der Waals surface area contributed by atoms with Crippen LogP contribution in [0.4, 0.5) is 0 Å². The van der Waals surface area contributed by atoms with Gasteiger partial charge in [0.15, 0.2) is 11.5 Å². The van der Waals surface area contributed by atoms with Gasteiger partial charge in [-0.3, -0.25) is 9.69 Å². The van der Waals surface area contributed by atoms with Crippen molar-refractivity contribution in [1.29, 1.82) is 0 Å². The second-order valence-corrected chi connectivity index (χ2v) is 7.18. The van der Waals surface area contributed by atoms with E-state index in [0.717, 1.165) is 26.2 Å². The predicted molar refractivity (Wildman–Crippen MR) is 109 cm³/mol. The van der Waals surface area contributed by atoms with E-state index < -0.39 is 0 Å². The number of carbonyl (C=O) groups is 1. The molecule has 28 heavy (non-hydrogen) atoms. The molecule has 7 heteroatoms. The van der Waals surface area contributed by atoms with Gasteiger partial charge in [-0.2, -0.15) is 0 Å². The van der Waals surface area contributed by atoms with Gasteiger partial charge in [0.1, 0.15) is 0 Å². The van der Waals surface area contributed by atoms with Crippen LogP contribution in [0.5, 0.6) is 11.5 Å². The molecular weight excluding hydrogens is 356 g/mol. The summed E-state index contributed by atoms with van der Waals surface area (Å²) in [4.78, 5) is 17.5. The maximum atomic E-state index is 12.8. The van der Waals surface area contributed by atoms with E-state index in [1.54, 1.807) is 32.4 Å². The molecule has 2 heterocycles. The van der Waals surface area contributed by atoms with E-state index in [2.05, 4.69) is 52.1 Å². The van der Waals surface area contributed by atoms with E-state index in [1.165, 1.54) is 5.69 Å². The minimum absolute atomic E-state index is 0.116. The van der Waals surface area contributed by atoms with Crippen LogP contribution in [0.2, 0.25) is 0 Å². The Balaban J connectivity index is 1.73. The molecule has 1 aromatic heterocycles. The number of piperazine rings is 1. The van der Waals surface area contributed by atoms with Crippen molar-refractivity contribution in [3.05, 3.63) is 47.8 Å². The SMILES string of the molecule is COc1ccc(C(=O)NC[C@@H](c2cccn2C)N2CCN(C)CC2)cc1OC. The quantitative estimate of drug-likeness (QED) is 0.786. The summed E-state index contributed by atoms with van der Waals surface area (Å²) in [7, 11) is 7.35. The fourth-order valence-corrected chi connectivity index (χ4v) is 3.64. The normalized spacial score (nSPS) is 16.6. The lowest BCUT2D eigenvalue weighted by atomic mass is 10.1. The zero-order valence-electron chi connectivity index (χ0n) is 17.1. The van der Waals surface area contributed by atoms with Gasteiger partial charge in [-0.05, 0) is 37.4 Å². The van der Waals surface area contributed by atoms with Crippen LogP contribution in [0.15, 0.2) is 36.5 Å². The first kappa shape index (κ1) is 20.2. The van der Waals surface area contributed by atoms with E-state index in [1.807, 2.05) is 0 Å². The van der Waals surface area contributed by atoms with Crippen LogP contribution in [0, 0.1) is 0 Å². The molecule has 1 aromatic carbocycles. The maximum Gasteiger partial charge on any atom is 0.251 e. The molecule has 0 spiro atoms. The number of carbonyl (C=O) groups excluding carboxylic acids is 1. The van der Waals surface area contributed by atoms with Gasteiger partial charge in [-0.15, -0.1) is 0 Å². The summed E-state index contributed by atoms with van der Waals surface area (Å²) in [6.07, 6.45) is 2.05. The molecule has 152 valence electrons. The second kappa shape index (κ2) is 9.12. The van der Waals surface area contributed by atoms with Crippen LogP contribution in [0.1, 0.15) is 22.1 Å². The standard InChI is InChI=1S/C21H30N4O3/c1-23-10-12-25(13-11-23)18(17-6-5-9-24(17)2)15-22-21(26)16-7-8-19(27-3)20(14-16)28-4/h5-9,14,18H,10-13,15H2,1-4H3,(H,22,26)/t18-/m0/s1. The average molecular weight is 386 g/mol. The molecule has 0 unspecified atom stereocenters. The first-order chi connectivity index (χ1) is 13.5. The Morgan fingerprint density at radius 2 is 1.79 bits per heavy atom. The number of hydrogen-bond acceptors (Lipinski definition) is 5. The highest BCUT2D eigenvalue weighted by Crippen LogP contribution is 2.28. The van der Waals surface area contributed by atoms with E-state index in [4.69, 9.17) is 9.47 Å². The van der Waals surface area contributed by atoms with Crippen LogP contribution < -0.4 is 14.8 Å². The minimum Gasteiger partial charge on any atom is -0.493 e. The summed E-state index contributed by atoms with van der Waals surface area (Å²) in [5.74, 6) is 1.04. The molecule has 1 saturated heterocycles. The number of benzene rings is 1. The van der Waals surface area contributed by atoms with Crippen molar-refractivity contribution < 1.29 is 14.3 Å². The summed E-state index contributed by atoms with van der Waals surface area (Å²) in [6, 6.07) is 9.53. The van der Waals surface area contributed by atoms with E-state index >= 15 is 0 Å². The van der Waals surface area contributed by atoms with Crippen molar-refractivity contribution >= 4 is 5.91 Å². The molecule has 0 radical (unpaired) electrons. The highest BCUT2D eigenvalue weighted by atomic mass is 16.5. The molecule has 1 N–H and O–H groups in total. The van der Waals surface area contributed by atoms with Crippen LogP contribution in [0.25, 0.3) is 0 Å².